The summed E-state index contributed by atoms with van der Waals surface area (Å²) in [5.41, 5.74) is 5.65. The minimum absolute atomic E-state index is 0.430. The third-order valence-corrected chi connectivity index (χ3v) is 3.30. The van der Waals surface area contributed by atoms with Crippen LogP contribution in [0.25, 0.3) is 10.9 Å². The molecule has 0 amide bonds. The first-order valence-electron chi connectivity index (χ1n) is 6.49. The van der Waals surface area contributed by atoms with E-state index >= 15 is 0 Å². The Bertz CT molecular complexity index is 800. The molecule has 0 bridgehead atoms. The van der Waals surface area contributed by atoms with Gasteiger partial charge in [-0.25, -0.2) is 9.97 Å². The van der Waals surface area contributed by atoms with Crippen molar-refractivity contribution in [2.45, 2.75) is 6.92 Å². The molecule has 0 aliphatic heterocycles. The van der Waals surface area contributed by atoms with Crippen LogP contribution in [0, 0.1) is 6.92 Å². The van der Waals surface area contributed by atoms with E-state index in [1.54, 1.807) is 12.4 Å². The summed E-state index contributed by atoms with van der Waals surface area (Å²) in [5.74, 6) is 0.675. The smallest absolute Gasteiger partial charge is 0.146 e. The number of aryl methyl sites for hydroxylation is 1. The number of aromatic nitrogens is 2. The monoisotopic (exact) mass is 296 g/mol. The summed E-state index contributed by atoms with van der Waals surface area (Å²) in [6.45, 7) is 2.03. The lowest BCUT2D eigenvalue weighted by Gasteiger charge is -2.03. The average molecular weight is 297 g/mol. The Morgan fingerprint density at radius 3 is 2.90 bits per heavy atom. The Morgan fingerprint density at radius 2 is 2.10 bits per heavy atom. The van der Waals surface area contributed by atoms with Gasteiger partial charge in [-0.15, -0.1) is 0 Å². The van der Waals surface area contributed by atoms with Crippen LogP contribution in [0.4, 0.5) is 5.82 Å². The number of hydrazone groups is 1. The summed E-state index contributed by atoms with van der Waals surface area (Å²) >= 11 is 6.19. The highest BCUT2D eigenvalue weighted by atomic mass is 35.5. The number of rotatable bonds is 3. The Labute approximate surface area is 127 Å². The fraction of sp³-hybridized carbons (Fsp3) is 0.0625. The lowest BCUT2D eigenvalue weighted by atomic mass is 10.1. The van der Waals surface area contributed by atoms with E-state index in [9.17, 15) is 0 Å². The number of nitrogens with zero attached hydrogens (tertiary/aromatic N) is 3. The second kappa shape index (κ2) is 5.89. The van der Waals surface area contributed by atoms with E-state index in [1.807, 2.05) is 49.4 Å². The van der Waals surface area contributed by atoms with Crippen LogP contribution >= 0.6 is 11.6 Å². The van der Waals surface area contributed by atoms with Crippen molar-refractivity contribution < 1.29 is 0 Å². The minimum Gasteiger partial charge on any atom is -0.261 e. The maximum atomic E-state index is 6.19. The zero-order valence-corrected chi connectivity index (χ0v) is 12.2. The van der Waals surface area contributed by atoms with Crippen molar-refractivity contribution in [3.8, 4) is 0 Å². The number of hydrogen-bond donors (Lipinski definition) is 1. The summed E-state index contributed by atoms with van der Waals surface area (Å²) in [7, 11) is 0. The first-order chi connectivity index (χ1) is 10.2. The van der Waals surface area contributed by atoms with Crippen LogP contribution < -0.4 is 5.43 Å². The van der Waals surface area contributed by atoms with Crippen molar-refractivity contribution in [1.29, 1.82) is 0 Å². The second-order valence-corrected chi connectivity index (χ2v) is 5.01. The molecule has 3 aromatic rings. The molecule has 3 rings (SSSR count). The van der Waals surface area contributed by atoms with Gasteiger partial charge in [0.15, 0.2) is 0 Å². The Kier molecular flexibility index (Phi) is 3.79. The molecule has 0 atom stereocenters. The first kappa shape index (κ1) is 13.5. The topological polar surface area (TPSA) is 50.2 Å². The van der Waals surface area contributed by atoms with Crippen LogP contribution in [0.3, 0.4) is 0 Å². The molecule has 5 heteroatoms. The predicted octanol–water partition coefficient (Wildman–Crippen LogP) is 4.04. The minimum atomic E-state index is 0.430. The maximum absolute atomic E-state index is 6.19. The summed E-state index contributed by atoms with van der Waals surface area (Å²) < 4.78 is 0. The van der Waals surface area contributed by atoms with Crippen molar-refractivity contribution in [3.05, 3.63) is 64.9 Å². The van der Waals surface area contributed by atoms with Gasteiger partial charge in [0.25, 0.3) is 0 Å². The van der Waals surface area contributed by atoms with E-state index in [0.717, 1.165) is 22.0 Å². The van der Waals surface area contributed by atoms with Gasteiger partial charge in [0.1, 0.15) is 11.0 Å². The van der Waals surface area contributed by atoms with Gasteiger partial charge in [-0.2, -0.15) is 5.10 Å². The van der Waals surface area contributed by atoms with Gasteiger partial charge in [0.2, 0.25) is 0 Å². The standard InChI is InChI=1S/C16H13ClN4/c1-11-5-6-12-9-13(16(17)20-14(12)8-11)10-19-21-15-4-2-3-7-18-15/h2-10H,1H3,(H,18,21)/b19-10-. The van der Waals surface area contributed by atoms with E-state index < -0.39 is 0 Å². The van der Waals surface area contributed by atoms with Gasteiger partial charge in [-0.05, 0) is 36.8 Å². The average Bonchev–Trinajstić information content (AvgIpc) is 2.49. The highest BCUT2D eigenvalue weighted by Gasteiger charge is 2.03. The van der Waals surface area contributed by atoms with E-state index in [2.05, 4.69) is 20.5 Å². The molecule has 0 saturated carbocycles. The van der Waals surface area contributed by atoms with Crippen LogP contribution in [0.5, 0.6) is 0 Å². The number of pyridine rings is 2. The second-order valence-electron chi connectivity index (χ2n) is 4.65. The predicted molar refractivity (Wildman–Crippen MR) is 86.9 cm³/mol. The molecule has 2 heterocycles. The zero-order valence-electron chi connectivity index (χ0n) is 11.4. The molecule has 104 valence electrons. The van der Waals surface area contributed by atoms with Crippen molar-refractivity contribution in [2.24, 2.45) is 5.10 Å². The zero-order chi connectivity index (χ0) is 14.7. The van der Waals surface area contributed by atoms with Gasteiger partial charge in [-0.1, -0.05) is 29.8 Å². The molecule has 1 N–H and O–H groups in total. The van der Waals surface area contributed by atoms with Gasteiger partial charge in [0, 0.05) is 17.1 Å². The molecule has 0 aliphatic carbocycles. The van der Waals surface area contributed by atoms with Gasteiger partial charge < -0.3 is 0 Å². The highest BCUT2D eigenvalue weighted by Crippen LogP contribution is 2.20. The first-order valence-corrected chi connectivity index (χ1v) is 6.87. The Balaban J connectivity index is 1.86. The van der Waals surface area contributed by atoms with E-state index in [1.165, 1.54) is 0 Å². The van der Waals surface area contributed by atoms with E-state index in [-0.39, 0.29) is 0 Å². The molecular formula is C16H13ClN4. The fourth-order valence-electron chi connectivity index (χ4n) is 1.96. The molecule has 0 aliphatic rings. The molecule has 21 heavy (non-hydrogen) atoms. The molecule has 0 unspecified atom stereocenters. The third-order valence-electron chi connectivity index (χ3n) is 3.00. The molecular weight excluding hydrogens is 284 g/mol. The number of nitrogens with one attached hydrogen (secondary N) is 1. The Hall–Kier alpha value is -2.46. The SMILES string of the molecule is Cc1ccc2cc(/C=N\Nc3ccccn3)c(Cl)nc2c1. The van der Waals surface area contributed by atoms with Gasteiger partial charge in [-0.3, -0.25) is 5.43 Å². The van der Waals surface area contributed by atoms with Crippen LogP contribution in [-0.2, 0) is 0 Å². The quantitative estimate of drug-likeness (QED) is 0.451. The van der Waals surface area contributed by atoms with Gasteiger partial charge >= 0.3 is 0 Å². The number of benzene rings is 1. The van der Waals surface area contributed by atoms with Crippen molar-refractivity contribution in [1.82, 2.24) is 9.97 Å². The van der Waals surface area contributed by atoms with Crippen LogP contribution in [-0.4, -0.2) is 16.2 Å². The van der Waals surface area contributed by atoms with E-state index in [0.29, 0.717) is 11.0 Å². The van der Waals surface area contributed by atoms with E-state index in [4.69, 9.17) is 11.6 Å². The fourth-order valence-corrected chi connectivity index (χ4v) is 2.15. The Morgan fingerprint density at radius 1 is 1.19 bits per heavy atom. The van der Waals surface area contributed by atoms with Crippen LogP contribution in [0.1, 0.15) is 11.1 Å². The number of anilines is 1. The summed E-state index contributed by atoms with van der Waals surface area (Å²) in [5, 5.41) is 5.60. The summed E-state index contributed by atoms with van der Waals surface area (Å²) in [6.07, 6.45) is 3.34. The largest absolute Gasteiger partial charge is 0.261 e. The number of halogens is 1. The molecule has 1 aromatic carbocycles. The lowest BCUT2D eigenvalue weighted by molar-refractivity contribution is 1.23. The molecule has 0 fully saturated rings. The molecule has 4 nitrogen and oxygen atoms in total. The molecule has 0 radical (unpaired) electrons. The summed E-state index contributed by atoms with van der Waals surface area (Å²) in [4.78, 5) is 8.51. The van der Waals surface area contributed by atoms with Crippen molar-refractivity contribution >= 4 is 34.5 Å². The lowest BCUT2D eigenvalue weighted by Crippen LogP contribution is -1.94. The number of hydrogen-bond acceptors (Lipinski definition) is 4. The van der Waals surface area contributed by atoms with Crippen LogP contribution in [0.2, 0.25) is 5.15 Å². The maximum Gasteiger partial charge on any atom is 0.146 e. The molecule has 0 saturated heterocycles. The molecule has 2 aromatic heterocycles. The van der Waals surface area contributed by atoms with Gasteiger partial charge in [0.05, 0.1) is 11.7 Å². The molecule has 0 spiro atoms. The highest BCUT2D eigenvalue weighted by molar-refractivity contribution is 6.32. The number of fused-ring (bicyclic) bond motifs is 1. The summed E-state index contributed by atoms with van der Waals surface area (Å²) in [6, 6.07) is 13.6. The van der Waals surface area contributed by atoms with Crippen molar-refractivity contribution in [3.63, 3.8) is 0 Å². The van der Waals surface area contributed by atoms with Crippen molar-refractivity contribution in [2.75, 3.05) is 5.43 Å². The van der Waals surface area contributed by atoms with Crippen LogP contribution in [0.15, 0.2) is 53.8 Å². The third kappa shape index (κ3) is 3.17. The normalized spacial score (nSPS) is 11.1.